The van der Waals surface area contributed by atoms with Crippen molar-refractivity contribution in [3.05, 3.63) is 22.8 Å². The van der Waals surface area contributed by atoms with Gasteiger partial charge in [-0.05, 0) is 37.4 Å². The van der Waals surface area contributed by atoms with Crippen LogP contribution < -0.4 is 10.1 Å². The Bertz CT molecular complexity index is 337. The van der Waals surface area contributed by atoms with E-state index in [2.05, 4.69) is 10.3 Å². The highest BCUT2D eigenvalue weighted by Gasteiger charge is 2.18. The lowest BCUT2D eigenvalue weighted by atomic mass is 9.91. The van der Waals surface area contributed by atoms with E-state index in [0.29, 0.717) is 11.8 Å². The molecular formula is C11H15ClN2O. The van der Waals surface area contributed by atoms with Crippen LogP contribution in [-0.2, 0) is 0 Å². The van der Waals surface area contributed by atoms with Gasteiger partial charge in [-0.25, -0.2) is 4.98 Å². The van der Waals surface area contributed by atoms with Crippen LogP contribution >= 0.6 is 11.6 Å². The summed E-state index contributed by atoms with van der Waals surface area (Å²) in [7, 11) is 1.63. The van der Waals surface area contributed by atoms with E-state index in [1.165, 1.54) is 5.56 Å². The first-order valence-electron chi connectivity index (χ1n) is 5.21. The second-order valence-corrected chi connectivity index (χ2v) is 4.18. The zero-order chi connectivity index (χ0) is 10.7. The smallest absolute Gasteiger partial charge is 0.213 e. The quantitative estimate of drug-likeness (QED) is 0.840. The minimum Gasteiger partial charge on any atom is -0.481 e. The zero-order valence-corrected chi connectivity index (χ0v) is 9.55. The zero-order valence-electron chi connectivity index (χ0n) is 8.79. The topological polar surface area (TPSA) is 34.1 Å². The molecule has 2 rings (SSSR count). The maximum Gasteiger partial charge on any atom is 0.213 e. The van der Waals surface area contributed by atoms with Crippen LogP contribution in [0.4, 0.5) is 0 Å². The van der Waals surface area contributed by atoms with Crippen molar-refractivity contribution in [2.24, 2.45) is 0 Å². The summed E-state index contributed by atoms with van der Waals surface area (Å²) in [6.07, 6.45) is 3.94. The molecule has 0 saturated carbocycles. The Labute approximate surface area is 94.8 Å². The Balaban J connectivity index is 2.24. The Morgan fingerprint density at radius 2 is 2.20 bits per heavy atom. The number of aromatic nitrogens is 1. The molecule has 1 N–H and O–H groups in total. The predicted octanol–water partition coefficient (Wildman–Crippen LogP) is 2.21. The lowest BCUT2D eigenvalue weighted by Gasteiger charge is -2.23. The maximum absolute atomic E-state index is 6.15. The van der Waals surface area contributed by atoms with Gasteiger partial charge in [0.1, 0.15) is 0 Å². The van der Waals surface area contributed by atoms with E-state index in [1.807, 2.05) is 6.07 Å². The highest BCUT2D eigenvalue weighted by molar-refractivity contribution is 6.31. The molecule has 15 heavy (non-hydrogen) atoms. The first-order valence-corrected chi connectivity index (χ1v) is 5.59. The molecule has 82 valence electrons. The number of methoxy groups -OCH3 is 1. The van der Waals surface area contributed by atoms with Crippen LogP contribution in [0.5, 0.6) is 5.88 Å². The van der Waals surface area contributed by atoms with Gasteiger partial charge in [-0.1, -0.05) is 11.6 Å². The molecule has 0 spiro atoms. The lowest BCUT2D eigenvalue weighted by molar-refractivity contribution is 0.394. The predicted molar refractivity (Wildman–Crippen MR) is 60.6 cm³/mol. The van der Waals surface area contributed by atoms with Crippen LogP contribution in [0.15, 0.2) is 12.3 Å². The van der Waals surface area contributed by atoms with Gasteiger partial charge < -0.3 is 10.1 Å². The molecule has 1 aromatic rings. The fourth-order valence-corrected chi connectivity index (χ4v) is 2.25. The Hall–Kier alpha value is -0.800. The molecule has 1 fully saturated rings. The third kappa shape index (κ3) is 2.41. The van der Waals surface area contributed by atoms with Gasteiger partial charge in [0.25, 0.3) is 0 Å². The highest BCUT2D eigenvalue weighted by Crippen LogP contribution is 2.32. The molecule has 4 heteroatoms. The summed E-state index contributed by atoms with van der Waals surface area (Å²) >= 11 is 6.15. The molecule has 1 aromatic heterocycles. The van der Waals surface area contributed by atoms with Crippen LogP contribution in [0.1, 0.15) is 24.3 Å². The van der Waals surface area contributed by atoms with E-state index in [9.17, 15) is 0 Å². The van der Waals surface area contributed by atoms with Crippen LogP contribution in [0.2, 0.25) is 5.02 Å². The van der Waals surface area contributed by atoms with E-state index >= 15 is 0 Å². The van der Waals surface area contributed by atoms with Crippen molar-refractivity contribution in [2.45, 2.75) is 18.8 Å². The monoisotopic (exact) mass is 226 g/mol. The molecule has 0 aromatic carbocycles. The highest BCUT2D eigenvalue weighted by atomic mass is 35.5. The third-order valence-corrected chi connectivity index (χ3v) is 3.16. The third-order valence-electron chi connectivity index (χ3n) is 2.85. The molecular weight excluding hydrogens is 212 g/mol. The average molecular weight is 227 g/mol. The standard InChI is InChI=1S/C11H15ClN2O/c1-15-11-6-9(10(12)7-14-11)8-2-4-13-5-3-8/h6-8,13H,2-5H2,1H3. The summed E-state index contributed by atoms with van der Waals surface area (Å²) in [5.74, 6) is 1.18. The molecule has 1 aliphatic rings. The van der Waals surface area contributed by atoms with Gasteiger partial charge >= 0.3 is 0 Å². The van der Waals surface area contributed by atoms with Crippen molar-refractivity contribution >= 4 is 11.6 Å². The largest absolute Gasteiger partial charge is 0.481 e. The molecule has 3 nitrogen and oxygen atoms in total. The van der Waals surface area contributed by atoms with Crippen molar-refractivity contribution in [3.63, 3.8) is 0 Å². The van der Waals surface area contributed by atoms with Gasteiger partial charge in [0, 0.05) is 12.3 Å². The van der Waals surface area contributed by atoms with Crippen molar-refractivity contribution < 1.29 is 4.74 Å². The first-order chi connectivity index (χ1) is 7.31. The molecule has 0 radical (unpaired) electrons. The second kappa shape index (κ2) is 4.81. The molecule has 0 amide bonds. The molecule has 0 aliphatic carbocycles. The normalized spacial score (nSPS) is 17.7. The SMILES string of the molecule is COc1cc(C2CCNCC2)c(Cl)cn1. The van der Waals surface area contributed by atoms with Crippen molar-refractivity contribution in [1.29, 1.82) is 0 Å². The average Bonchev–Trinajstić information content (AvgIpc) is 2.31. The number of piperidine rings is 1. The number of rotatable bonds is 2. The van der Waals surface area contributed by atoms with Gasteiger partial charge in [0.2, 0.25) is 5.88 Å². The van der Waals surface area contributed by atoms with E-state index < -0.39 is 0 Å². The van der Waals surface area contributed by atoms with E-state index in [4.69, 9.17) is 16.3 Å². The van der Waals surface area contributed by atoms with Gasteiger partial charge in [0.15, 0.2) is 0 Å². The summed E-state index contributed by atoms with van der Waals surface area (Å²) in [5, 5.41) is 4.10. The Morgan fingerprint density at radius 3 is 2.87 bits per heavy atom. The van der Waals surface area contributed by atoms with Gasteiger partial charge in [-0.2, -0.15) is 0 Å². The fraction of sp³-hybridized carbons (Fsp3) is 0.545. The molecule has 0 atom stereocenters. The Kier molecular flexibility index (Phi) is 3.44. The number of hydrogen-bond acceptors (Lipinski definition) is 3. The fourth-order valence-electron chi connectivity index (χ4n) is 1.99. The lowest BCUT2D eigenvalue weighted by Crippen LogP contribution is -2.26. The molecule has 0 unspecified atom stereocenters. The maximum atomic E-state index is 6.15. The summed E-state index contributed by atoms with van der Waals surface area (Å²) < 4.78 is 5.12. The van der Waals surface area contributed by atoms with E-state index in [1.54, 1.807) is 13.3 Å². The van der Waals surface area contributed by atoms with Crippen molar-refractivity contribution in [3.8, 4) is 5.88 Å². The Morgan fingerprint density at radius 1 is 1.47 bits per heavy atom. The van der Waals surface area contributed by atoms with Gasteiger partial charge in [-0.15, -0.1) is 0 Å². The van der Waals surface area contributed by atoms with E-state index in [-0.39, 0.29) is 0 Å². The molecule has 1 saturated heterocycles. The van der Waals surface area contributed by atoms with Crippen molar-refractivity contribution in [2.75, 3.05) is 20.2 Å². The minimum absolute atomic E-state index is 0.538. The summed E-state index contributed by atoms with van der Waals surface area (Å²) in [6, 6.07) is 1.96. The molecule has 2 heterocycles. The van der Waals surface area contributed by atoms with Gasteiger partial charge in [-0.3, -0.25) is 0 Å². The minimum atomic E-state index is 0.538. The number of ether oxygens (including phenoxy) is 1. The summed E-state index contributed by atoms with van der Waals surface area (Å²) in [4.78, 5) is 4.08. The first kappa shape index (κ1) is 10.7. The van der Waals surface area contributed by atoms with Crippen LogP contribution in [0, 0.1) is 0 Å². The number of pyridine rings is 1. The number of halogens is 1. The summed E-state index contributed by atoms with van der Waals surface area (Å²) in [5.41, 5.74) is 1.17. The van der Waals surface area contributed by atoms with Crippen LogP contribution in [0.3, 0.4) is 0 Å². The number of nitrogens with one attached hydrogen (secondary N) is 1. The number of hydrogen-bond donors (Lipinski definition) is 1. The van der Waals surface area contributed by atoms with Crippen LogP contribution in [-0.4, -0.2) is 25.2 Å². The van der Waals surface area contributed by atoms with Crippen molar-refractivity contribution in [1.82, 2.24) is 10.3 Å². The molecule has 0 bridgehead atoms. The summed E-state index contributed by atoms with van der Waals surface area (Å²) in [6.45, 7) is 2.12. The van der Waals surface area contributed by atoms with Crippen LogP contribution in [0.25, 0.3) is 0 Å². The second-order valence-electron chi connectivity index (χ2n) is 3.77. The van der Waals surface area contributed by atoms with Gasteiger partial charge in [0.05, 0.1) is 12.1 Å². The number of nitrogens with zero attached hydrogens (tertiary/aromatic N) is 1. The van der Waals surface area contributed by atoms with E-state index in [0.717, 1.165) is 31.0 Å². The molecule has 1 aliphatic heterocycles.